The summed E-state index contributed by atoms with van der Waals surface area (Å²) in [6.07, 6.45) is 8.29. The Balaban J connectivity index is 1.33. The third-order valence-electron chi connectivity index (χ3n) is 6.43. The summed E-state index contributed by atoms with van der Waals surface area (Å²) in [7, 11) is 0. The average Bonchev–Trinajstić information content (AvgIpc) is 3.23. The second-order valence-corrected chi connectivity index (χ2v) is 8.37. The number of nitrogens with one attached hydrogen (secondary N) is 1. The lowest BCUT2D eigenvalue weighted by molar-refractivity contribution is -0.137. The fourth-order valence-electron chi connectivity index (χ4n) is 4.86. The zero-order chi connectivity index (χ0) is 18.6. The van der Waals surface area contributed by atoms with Crippen LogP contribution in [-0.2, 0) is 11.2 Å². The summed E-state index contributed by atoms with van der Waals surface area (Å²) in [5.74, 6) is 0.796. The highest BCUT2D eigenvalue weighted by Crippen LogP contribution is 2.25. The van der Waals surface area contributed by atoms with Gasteiger partial charge in [0.1, 0.15) is 6.54 Å². The van der Waals surface area contributed by atoms with Crippen LogP contribution >= 0.6 is 0 Å². The zero-order valence-electron chi connectivity index (χ0n) is 16.2. The summed E-state index contributed by atoms with van der Waals surface area (Å²) < 4.78 is 0. The van der Waals surface area contributed by atoms with Gasteiger partial charge in [-0.1, -0.05) is 25.0 Å². The van der Waals surface area contributed by atoms with Gasteiger partial charge in [0.25, 0.3) is 5.91 Å². The second kappa shape index (κ2) is 8.42. The van der Waals surface area contributed by atoms with Crippen molar-refractivity contribution in [3.8, 4) is 0 Å². The van der Waals surface area contributed by atoms with Crippen LogP contribution in [0.5, 0.6) is 0 Å². The van der Waals surface area contributed by atoms with Crippen LogP contribution in [-0.4, -0.2) is 60.4 Å². The molecule has 1 unspecified atom stereocenters. The molecule has 1 aromatic carbocycles. The van der Waals surface area contributed by atoms with Gasteiger partial charge in [-0.15, -0.1) is 0 Å². The highest BCUT2D eigenvalue weighted by molar-refractivity contribution is 5.97. The molecule has 3 fully saturated rings. The fraction of sp³-hybridized carbons (Fsp3) is 0.636. The first-order valence-corrected chi connectivity index (χ1v) is 10.6. The number of nitrogens with zero attached hydrogens (tertiary/aromatic N) is 2. The molecule has 1 atom stereocenters. The van der Waals surface area contributed by atoms with Gasteiger partial charge in [0.2, 0.25) is 5.91 Å². The first-order valence-electron chi connectivity index (χ1n) is 10.6. The zero-order valence-corrected chi connectivity index (χ0v) is 16.2. The lowest BCUT2D eigenvalue weighted by Crippen LogP contribution is -2.54. The Kier molecular flexibility index (Phi) is 5.77. The van der Waals surface area contributed by atoms with Crippen molar-refractivity contribution < 1.29 is 9.59 Å². The quantitative estimate of drug-likeness (QED) is 0.887. The summed E-state index contributed by atoms with van der Waals surface area (Å²) in [6.45, 7) is 3.79. The molecule has 2 amide bonds. The lowest BCUT2D eigenvalue weighted by Gasteiger charge is -2.37. The van der Waals surface area contributed by atoms with Crippen LogP contribution in [0.2, 0.25) is 0 Å². The summed E-state index contributed by atoms with van der Waals surface area (Å²) >= 11 is 0. The number of benzene rings is 1. The van der Waals surface area contributed by atoms with Gasteiger partial charge in [0.15, 0.2) is 0 Å². The van der Waals surface area contributed by atoms with Crippen molar-refractivity contribution in [3.05, 3.63) is 35.4 Å². The molecule has 2 aliphatic heterocycles. The van der Waals surface area contributed by atoms with Crippen LogP contribution in [0.25, 0.3) is 0 Å². The van der Waals surface area contributed by atoms with E-state index in [1.54, 1.807) is 4.90 Å². The average molecular weight is 370 g/mol. The van der Waals surface area contributed by atoms with Crippen LogP contribution in [0.1, 0.15) is 54.4 Å². The number of hydrogen-bond acceptors (Lipinski definition) is 3. The van der Waals surface area contributed by atoms with Crippen molar-refractivity contribution in [3.63, 3.8) is 0 Å². The number of piperidine rings is 1. The molecule has 0 bridgehead atoms. The lowest BCUT2D eigenvalue weighted by atomic mass is 9.92. The first kappa shape index (κ1) is 18.5. The Morgan fingerprint density at radius 2 is 1.81 bits per heavy atom. The molecule has 0 spiro atoms. The molecule has 146 valence electrons. The molecular weight excluding hydrogens is 338 g/mol. The van der Waals surface area contributed by atoms with Crippen molar-refractivity contribution >= 4 is 11.8 Å². The molecule has 2 saturated heterocycles. The molecule has 5 heteroatoms. The van der Waals surface area contributed by atoms with Gasteiger partial charge in [-0.3, -0.25) is 9.59 Å². The van der Waals surface area contributed by atoms with Gasteiger partial charge in [0, 0.05) is 24.7 Å². The van der Waals surface area contributed by atoms with Crippen molar-refractivity contribution in [2.24, 2.45) is 5.92 Å². The maximum absolute atomic E-state index is 12.8. The highest BCUT2D eigenvalue weighted by Gasteiger charge is 2.33. The van der Waals surface area contributed by atoms with Crippen molar-refractivity contribution in [1.29, 1.82) is 0 Å². The molecule has 1 aliphatic carbocycles. The summed E-state index contributed by atoms with van der Waals surface area (Å²) in [5, 5.41) is 3.46. The molecule has 1 aromatic rings. The van der Waals surface area contributed by atoms with E-state index in [0.717, 1.165) is 32.4 Å². The van der Waals surface area contributed by atoms with E-state index < -0.39 is 0 Å². The van der Waals surface area contributed by atoms with Gasteiger partial charge < -0.3 is 15.1 Å². The number of piperazine rings is 1. The first-order chi connectivity index (χ1) is 13.2. The second-order valence-electron chi connectivity index (χ2n) is 8.37. The van der Waals surface area contributed by atoms with E-state index in [2.05, 4.69) is 17.4 Å². The molecule has 4 rings (SSSR count). The minimum Gasteiger partial charge on any atom is -0.336 e. The standard InChI is InChI=1S/C22H31N3O2/c26-21-16-24(12-13-25(21)20-5-1-2-6-20)22(27)19-9-7-17(8-10-19)14-18-4-3-11-23-15-18/h7-10,18,20,23H,1-6,11-16H2. The van der Waals surface area contributed by atoms with Gasteiger partial charge >= 0.3 is 0 Å². The monoisotopic (exact) mass is 369 g/mol. The van der Waals surface area contributed by atoms with E-state index in [1.165, 1.54) is 31.2 Å². The summed E-state index contributed by atoms with van der Waals surface area (Å²) in [6, 6.07) is 8.43. The van der Waals surface area contributed by atoms with Crippen LogP contribution in [0, 0.1) is 5.92 Å². The van der Waals surface area contributed by atoms with Crippen LogP contribution in [0.3, 0.4) is 0 Å². The maximum atomic E-state index is 12.8. The van der Waals surface area contributed by atoms with E-state index in [4.69, 9.17) is 0 Å². The number of rotatable bonds is 4. The summed E-state index contributed by atoms with van der Waals surface area (Å²) in [5.41, 5.74) is 1.99. The SMILES string of the molecule is O=C(c1ccc(CC2CCCNC2)cc1)N1CCN(C2CCCC2)C(=O)C1. The number of carbonyl (C=O) groups excluding carboxylic acids is 2. The highest BCUT2D eigenvalue weighted by atomic mass is 16.2. The Labute approximate surface area is 162 Å². The van der Waals surface area contributed by atoms with E-state index in [9.17, 15) is 9.59 Å². The Hall–Kier alpha value is -1.88. The van der Waals surface area contributed by atoms with Gasteiger partial charge in [-0.05, 0) is 68.8 Å². The molecule has 1 saturated carbocycles. The number of hydrogen-bond donors (Lipinski definition) is 1. The molecule has 0 radical (unpaired) electrons. The van der Waals surface area contributed by atoms with Crippen molar-refractivity contribution in [1.82, 2.24) is 15.1 Å². The van der Waals surface area contributed by atoms with Crippen LogP contribution in [0.15, 0.2) is 24.3 Å². The van der Waals surface area contributed by atoms with Gasteiger partial charge in [-0.2, -0.15) is 0 Å². The predicted octanol–water partition coefficient (Wildman–Crippen LogP) is 2.46. The summed E-state index contributed by atoms with van der Waals surface area (Å²) in [4.78, 5) is 29.1. The van der Waals surface area contributed by atoms with Gasteiger partial charge in [-0.25, -0.2) is 0 Å². The third-order valence-corrected chi connectivity index (χ3v) is 6.43. The van der Waals surface area contributed by atoms with Crippen molar-refractivity contribution in [2.75, 3.05) is 32.7 Å². The number of amides is 2. The van der Waals surface area contributed by atoms with E-state index >= 15 is 0 Å². The van der Waals surface area contributed by atoms with Crippen LogP contribution in [0.4, 0.5) is 0 Å². The topological polar surface area (TPSA) is 52.7 Å². The Morgan fingerprint density at radius 1 is 1.04 bits per heavy atom. The largest absolute Gasteiger partial charge is 0.336 e. The normalized spacial score (nSPS) is 24.4. The van der Waals surface area contributed by atoms with Crippen molar-refractivity contribution in [2.45, 2.75) is 51.0 Å². The number of carbonyl (C=O) groups is 2. The van der Waals surface area contributed by atoms with Crippen LogP contribution < -0.4 is 5.32 Å². The van der Waals surface area contributed by atoms with Gasteiger partial charge in [0.05, 0.1) is 0 Å². The molecular formula is C22H31N3O2. The molecule has 0 aromatic heterocycles. The third kappa shape index (κ3) is 4.34. The van der Waals surface area contributed by atoms with E-state index in [1.807, 2.05) is 17.0 Å². The Bertz CT molecular complexity index is 661. The Morgan fingerprint density at radius 3 is 2.48 bits per heavy atom. The maximum Gasteiger partial charge on any atom is 0.254 e. The predicted molar refractivity (Wildman–Crippen MR) is 106 cm³/mol. The van der Waals surface area contributed by atoms with E-state index in [-0.39, 0.29) is 18.4 Å². The minimum atomic E-state index is -0.0136. The molecule has 1 N–H and O–H groups in total. The fourth-order valence-corrected chi connectivity index (χ4v) is 4.86. The molecule has 3 aliphatic rings. The molecule has 27 heavy (non-hydrogen) atoms. The smallest absolute Gasteiger partial charge is 0.254 e. The van der Waals surface area contributed by atoms with E-state index in [0.29, 0.717) is 30.6 Å². The minimum absolute atomic E-state index is 0.0136. The molecule has 2 heterocycles. The molecule has 5 nitrogen and oxygen atoms in total.